The third-order valence-electron chi connectivity index (χ3n) is 7.54. The molecular weight excluding hydrogens is 462 g/mol. The van der Waals surface area contributed by atoms with Crippen LogP contribution in [0.15, 0.2) is 30.3 Å². The third kappa shape index (κ3) is 7.48. The van der Waals surface area contributed by atoms with E-state index in [4.69, 9.17) is 18.3 Å². The molecule has 1 aliphatic rings. The summed E-state index contributed by atoms with van der Waals surface area (Å²) in [6, 6.07) is 9.69. The first kappa shape index (κ1) is 29.2. The van der Waals surface area contributed by atoms with Gasteiger partial charge in [0.2, 0.25) is 5.91 Å². The molecule has 0 spiro atoms. The maximum absolute atomic E-state index is 12.2. The fourth-order valence-corrected chi connectivity index (χ4v) is 5.81. The summed E-state index contributed by atoms with van der Waals surface area (Å²) in [6.45, 7) is 24.5. The van der Waals surface area contributed by atoms with Crippen molar-refractivity contribution in [3.8, 4) is 0 Å². The molecule has 1 heterocycles. The van der Waals surface area contributed by atoms with Crippen molar-refractivity contribution in [2.75, 3.05) is 6.61 Å². The lowest BCUT2D eigenvalue weighted by atomic mass is 10.1. The molecule has 0 bridgehead atoms. The van der Waals surface area contributed by atoms with E-state index in [0.29, 0.717) is 13.2 Å². The van der Waals surface area contributed by atoms with Gasteiger partial charge in [-0.05, 0) is 41.8 Å². The molecule has 6 nitrogen and oxygen atoms in total. The summed E-state index contributed by atoms with van der Waals surface area (Å²) in [5.74, 6) is -0.118. The number of carbonyl (C=O) groups is 1. The van der Waals surface area contributed by atoms with E-state index in [2.05, 4.69) is 73.0 Å². The number of benzene rings is 1. The Balaban J connectivity index is 2.31. The number of hydrogen-bond donors (Lipinski definition) is 1. The normalized spacial score (nSPS) is 24.3. The Bertz CT molecular complexity index is 802. The zero-order valence-corrected chi connectivity index (χ0v) is 25.2. The summed E-state index contributed by atoms with van der Waals surface area (Å²) in [5, 5.41) is 3.13. The highest BCUT2D eigenvalue weighted by atomic mass is 28.4. The second-order valence-electron chi connectivity index (χ2n) is 12.5. The molecule has 0 aliphatic carbocycles. The zero-order valence-electron chi connectivity index (χ0n) is 23.2. The van der Waals surface area contributed by atoms with Crippen LogP contribution in [0, 0.1) is 0 Å². The van der Waals surface area contributed by atoms with Gasteiger partial charge in [-0.25, -0.2) is 0 Å². The fraction of sp³-hybridized carbons (Fsp3) is 0.731. The quantitative estimate of drug-likeness (QED) is 0.423. The number of ether oxygens (including phenoxy) is 2. The van der Waals surface area contributed by atoms with Crippen LogP contribution in [0.3, 0.4) is 0 Å². The van der Waals surface area contributed by atoms with Gasteiger partial charge >= 0.3 is 0 Å². The minimum absolute atomic E-state index is 0.00874. The Hall–Kier alpha value is -1.04. The first-order chi connectivity index (χ1) is 15.4. The maximum atomic E-state index is 12.2. The van der Waals surface area contributed by atoms with Crippen molar-refractivity contribution in [2.45, 2.75) is 116 Å². The van der Waals surface area contributed by atoms with Crippen molar-refractivity contribution in [2.24, 2.45) is 0 Å². The predicted molar refractivity (Wildman–Crippen MR) is 143 cm³/mol. The van der Waals surface area contributed by atoms with Crippen molar-refractivity contribution in [3.05, 3.63) is 35.9 Å². The molecule has 8 heteroatoms. The van der Waals surface area contributed by atoms with Crippen molar-refractivity contribution in [1.82, 2.24) is 5.32 Å². The summed E-state index contributed by atoms with van der Waals surface area (Å²) in [5.41, 5.74) is 1.11. The lowest BCUT2D eigenvalue weighted by Gasteiger charge is -2.41. The average Bonchev–Trinajstić information content (AvgIpc) is 2.96. The molecule has 1 amide bonds. The van der Waals surface area contributed by atoms with Gasteiger partial charge < -0.3 is 23.6 Å². The first-order valence-electron chi connectivity index (χ1n) is 12.3. The molecule has 1 aliphatic heterocycles. The van der Waals surface area contributed by atoms with Gasteiger partial charge in [-0.1, -0.05) is 71.9 Å². The van der Waals surface area contributed by atoms with Gasteiger partial charge in [-0.3, -0.25) is 4.79 Å². The highest BCUT2D eigenvalue weighted by Crippen LogP contribution is 2.42. The minimum Gasteiger partial charge on any atom is -0.409 e. The van der Waals surface area contributed by atoms with Crippen LogP contribution >= 0.6 is 0 Å². The van der Waals surface area contributed by atoms with E-state index < -0.39 is 29.0 Å². The van der Waals surface area contributed by atoms with Gasteiger partial charge in [-0.2, -0.15) is 0 Å². The molecule has 1 aromatic carbocycles. The van der Waals surface area contributed by atoms with Crippen molar-refractivity contribution in [3.63, 3.8) is 0 Å². The van der Waals surface area contributed by atoms with Gasteiger partial charge in [-0.15, -0.1) is 0 Å². The highest BCUT2D eigenvalue weighted by Gasteiger charge is 2.53. The van der Waals surface area contributed by atoms with E-state index in [-0.39, 0.29) is 28.2 Å². The van der Waals surface area contributed by atoms with E-state index in [0.717, 1.165) is 5.56 Å². The molecule has 1 unspecified atom stereocenters. The van der Waals surface area contributed by atoms with Gasteiger partial charge in [0, 0.05) is 6.92 Å². The minimum atomic E-state index is -2.16. The summed E-state index contributed by atoms with van der Waals surface area (Å²) in [4.78, 5) is 12.2. The monoisotopic (exact) mass is 509 g/mol. The lowest BCUT2D eigenvalue weighted by Crippen LogP contribution is -2.56. The summed E-state index contributed by atoms with van der Waals surface area (Å²) in [7, 11) is -4.33. The van der Waals surface area contributed by atoms with Gasteiger partial charge in [0.05, 0.1) is 19.3 Å². The second-order valence-corrected chi connectivity index (χ2v) is 22.0. The van der Waals surface area contributed by atoms with Gasteiger partial charge in [0.1, 0.15) is 12.1 Å². The van der Waals surface area contributed by atoms with Crippen molar-refractivity contribution < 1.29 is 23.1 Å². The topological polar surface area (TPSA) is 66.0 Å². The number of rotatable bonds is 9. The Kier molecular flexibility index (Phi) is 9.38. The molecule has 0 aromatic heterocycles. The SMILES string of the molecule is CC(=O)NC1[C@H](O[Si](C)(C)C(C)(C)C)O[C@H](COCc2ccccc2)[C@@H]1O[Si](C)(C)C(C)(C)C. The van der Waals surface area contributed by atoms with Crippen LogP contribution in [0.2, 0.25) is 36.3 Å². The first-order valence-corrected chi connectivity index (χ1v) is 18.2. The standard InChI is InChI=1S/C26H47NO5Si2/c1-19(28)27-22-23(31-33(8,9)25(2,3)4)21(18-29-17-20-15-13-12-14-16-20)30-24(22)32-34(10,11)26(5,6)7/h12-16,21-24H,17-18H2,1-11H3,(H,27,28)/t21-,22?,23+,24+/m1/s1. The second kappa shape index (κ2) is 10.9. The van der Waals surface area contributed by atoms with Gasteiger partial charge in [0.25, 0.3) is 0 Å². The molecular formula is C26H47NO5Si2. The molecule has 1 fully saturated rings. The van der Waals surface area contributed by atoms with Crippen LogP contribution in [0.1, 0.15) is 54.0 Å². The molecule has 2 rings (SSSR count). The molecule has 1 aromatic rings. The van der Waals surface area contributed by atoms with Crippen LogP contribution in [-0.2, 0) is 29.7 Å². The third-order valence-corrected chi connectivity index (χ3v) is 16.4. The van der Waals surface area contributed by atoms with Crippen LogP contribution in [0.25, 0.3) is 0 Å². The summed E-state index contributed by atoms with van der Waals surface area (Å²) in [6.07, 6.45) is -1.27. The number of carbonyl (C=O) groups excluding carboxylic acids is 1. The Morgan fingerprint density at radius 3 is 1.97 bits per heavy atom. The fourth-order valence-electron chi connectivity index (χ4n) is 3.34. The zero-order chi connectivity index (χ0) is 25.9. The molecule has 34 heavy (non-hydrogen) atoms. The van der Waals surface area contributed by atoms with Gasteiger partial charge in [0.15, 0.2) is 22.9 Å². The van der Waals surface area contributed by atoms with Crippen LogP contribution < -0.4 is 5.32 Å². The number of hydrogen-bond acceptors (Lipinski definition) is 5. The average molecular weight is 510 g/mol. The number of nitrogens with one attached hydrogen (secondary N) is 1. The lowest BCUT2D eigenvalue weighted by molar-refractivity contribution is -0.126. The van der Waals surface area contributed by atoms with Crippen LogP contribution in [0.5, 0.6) is 0 Å². The highest BCUT2D eigenvalue weighted by molar-refractivity contribution is 6.74. The number of amides is 1. The maximum Gasteiger partial charge on any atom is 0.217 e. The smallest absolute Gasteiger partial charge is 0.217 e. The van der Waals surface area contributed by atoms with Crippen LogP contribution in [0.4, 0.5) is 0 Å². The summed E-state index contributed by atoms with van der Waals surface area (Å²) >= 11 is 0. The van der Waals surface area contributed by atoms with Crippen molar-refractivity contribution >= 4 is 22.5 Å². The Labute approximate surface area is 209 Å². The summed E-state index contributed by atoms with van der Waals surface area (Å²) < 4.78 is 26.1. The molecule has 0 radical (unpaired) electrons. The van der Waals surface area contributed by atoms with E-state index in [1.165, 1.54) is 6.92 Å². The van der Waals surface area contributed by atoms with E-state index >= 15 is 0 Å². The predicted octanol–water partition coefficient (Wildman–Crippen LogP) is 5.85. The van der Waals surface area contributed by atoms with Crippen LogP contribution in [-0.4, -0.2) is 53.7 Å². The molecule has 194 valence electrons. The van der Waals surface area contributed by atoms with E-state index in [1.807, 2.05) is 30.3 Å². The van der Waals surface area contributed by atoms with Crippen molar-refractivity contribution in [1.29, 1.82) is 0 Å². The Morgan fingerprint density at radius 2 is 1.47 bits per heavy atom. The van der Waals surface area contributed by atoms with E-state index in [1.54, 1.807) is 0 Å². The Morgan fingerprint density at radius 1 is 0.941 bits per heavy atom. The molecule has 0 saturated carbocycles. The molecule has 4 atom stereocenters. The molecule has 1 saturated heterocycles. The molecule has 1 N–H and O–H groups in total. The largest absolute Gasteiger partial charge is 0.409 e. The van der Waals surface area contributed by atoms with E-state index in [9.17, 15) is 4.79 Å².